The largest absolute Gasteiger partial charge is 0.466 e. The van der Waals surface area contributed by atoms with Crippen molar-refractivity contribution < 1.29 is 14.3 Å². The first-order chi connectivity index (χ1) is 9.31. The highest BCUT2D eigenvalue weighted by molar-refractivity contribution is 5.69. The van der Waals surface area contributed by atoms with Crippen molar-refractivity contribution in [2.45, 2.75) is 32.6 Å². The molecule has 0 saturated heterocycles. The third-order valence-electron chi connectivity index (χ3n) is 2.36. The smallest absolute Gasteiger partial charge is 0.305 e. The number of hydrogen-bond donors (Lipinski definition) is 1. The number of unbranched alkanes of at least 4 members (excludes halogenated alkanes) is 2. The molecule has 0 aromatic carbocycles. The van der Waals surface area contributed by atoms with Gasteiger partial charge in [0.2, 0.25) is 0 Å². The zero-order chi connectivity index (χ0) is 14.2. The molecule has 0 aliphatic carbocycles. The van der Waals surface area contributed by atoms with Crippen LogP contribution in [0.25, 0.3) is 10.4 Å². The molecule has 110 valence electrons. The Morgan fingerprint density at radius 1 is 1.26 bits per heavy atom. The maximum absolute atomic E-state index is 11.0. The highest BCUT2D eigenvalue weighted by Crippen LogP contribution is 2.00. The van der Waals surface area contributed by atoms with E-state index >= 15 is 0 Å². The van der Waals surface area contributed by atoms with Gasteiger partial charge in [0.15, 0.2) is 0 Å². The van der Waals surface area contributed by atoms with E-state index in [1.54, 1.807) is 0 Å². The highest BCUT2D eigenvalue weighted by atomic mass is 16.5. The first-order valence-electron chi connectivity index (χ1n) is 6.76. The van der Waals surface area contributed by atoms with Crippen LogP contribution in [0.5, 0.6) is 0 Å². The third-order valence-corrected chi connectivity index (χ3v) is 2.36. The fourth-order valence-electron chi connectivity index (χ4n) is 1.45. The van der Waals surface area contributed by atoms with Crippen molar-refractivity contribution in [3.05, 3.63) is 10.4 Å². The van der Waals surface area contributed by atoms with Crippen molar-refractivity contribution in [2.75, 3.05) is 39.5 Å². The number of rotatable bonds is 13. The maximum atomic E-state index is 11.0. The van der Waals surface area contributed by atoms with E-state index in [0.29, 0.717) is 32.8 Å². The lowest BCUT2D eigenvalue weighted by molar-refractivity contribution is -0.143. The van der Waals surface area contributed by atoms with Crippen molar-refractivity contribution >= 4 is 5.97 Å². The van der Waals surface area contributed by atoms with Crippen LogP contribution in [-0.2, 0) is 14.3 Å². The van der Waals surface area contributed by atoms with Crippen molar-refractivity contribution in [1.82, 2.24) is 5.32 Å². The summed E-state index contributed by atoms with van der Waals surface area (Å²) in [5.41, 5.74) is 8.04. The van der Waals surface area contributed by atoms with Crippen molar-refractivity contribution in [3.8, 4) is 0 Å². The van der Waals surface area contributed by atoms with Gasteiger partial charge < -0.3 is 14.8 Å². The Labute approximate surface area is 114 Å². The number of nitrogens with zero attached hydrogens (tertiary/aromatic N) is 3. The molecular weight excluding hydrogens is 248 g/mol. The summed E-state index contributed by atoms with van der Waals surface area (Å²) in [6, 6.07) is 0. The molecule has 0 bridgehead atoms. The minimum atomic E-state index is -0.108. The second kappa shape index (κ2) is 14.8. The first kappa shape index (κ1) is 17.7. The van der Waals surface area contributed by atoms with Gasteiger partial charge in [0.1, 0.15) is 0 Å². The molecule has 1 N–H and O–H groups in total. The molecule has 0 aromatic heterocycles. The Morgan fingerprint density at radius 2 is 2.11 bits per heavy atom. The number of hydrogen-bond acceptors (Lipinski definition) is 5. The average Bonchev–Trinajstić information content (AvgIpc) is 2.40. The van der Waals surface area contributed by atoms with Gasteiger partial charge in [-0.05, 0) is 31.8 Å². The Morgan fingerprint density at radius 3 is 2.84 bits per heavy atom. The second-order valence-electron chi connectivity index (χ2n) is 3.93. The van der Waals surface area contributed by atoms with Gasteiger partial charge in [0, 0.05) is 24.4 Å². The first-order valence-corrected chi connectivity index (χ1v) is 6.76. The quantitative estimate of drug-likeness (QED) is 0.182. The van der Waals surface area contributed by atoms with Gasteiger partial charge in [-0.3, -0.25) is 4.79 Å². The van der Waals surface area contributed by atoms with Gasteiger partial charge in [-0.2, -0.15) is 0 Å². The van der Waals surface area contributed by atoms with Gasteiger partial charge in [0.05, 0.1) is 19.8 Å². The number of nitrogens with one attached hydrogen (secondary N) is 1. The van der Waals surface area contributed by atoms with Crippen molar-refractivity contribution in [2.24, 2.45) is 5.11 Å². The van der Waals surface area contributed by atoms with E-state index < -0.39 is 0 Å². The van der Waals surface area contributed by atoms with Crippen LogP contribution in [-0.4, -0.2) is 45.4 Å². The number of esters is 1. The number of carbonyl (C=O) groups excluding carboxylic acids is 1. The molecule has 19 heavy (non-hydrogen) atoms. The Balaban J connectivity index is 3.06. The molecular formula is C12H24N4O3. The lowest BCUT2D eigenvalue weighted by Gasteiger charge is -2.05. The monoisotopic (exact) mass is 272 g/mol. The molecule has 0 atom stereocenters. The Bertz CT molecular complexity index is 268. The molecule has 0 heterocycles. The van der Waals surface area contributed by atoms with E-state index in [1.807, 2.05) is 6.92 Å². The van der Waals surface area contributed by atoms with Gasteiger partial charge in [-0.25, -0.2) is 0 Å². The van der Waals surface area contributed by atoms with Crippen LogP contribution in [0.4, 0.5) is 0 Å². The summed E-state index contributed by atoms with van der Waals surface area (Å²) in [6.45, 7) is 5.44. The molecule has 0 fully saturated rings. The lowest BCUT2D eigenvalue weighted by atomic mass is 10.2. The van der Waals surface area contributed by atoms with Gasteiger partial charge in [0.25, 0.3) is 0 Å². The van der Waals surface area contributed by atoms with E-state index in [-0.39, 0.29) is 5.97 Å². The molecule has 0 amide bonds. The summed E-state index contributed by atoms with van der Waals surface area (Å²) in [5.74, 6) is -0.108. The molecule has 0 rings (SSSR count). The highest BCUT2D eigenvalue weighted by Gasteiger charge is 2.00. The van der Waals surface area contributed by atoms with Crippen LogP contribution in [0.1, 0.15) is 32.6 Å². The molecule has 0 aliphatic rings. The maximum Gasteiger partial charge on any atom is 0.305 e. The van der Waals surface area contributed by atoms with E-state index in [2.05, 4.69) is 15.3 Å². The predicted molar refractivity (Wildman–Crippen MR) is 72.8 cm³/mol. The van der Waals surface area contributed by atoms with E-state index in [9.17, 15) is 4.79 Å². The average molecular weight is 272 g/mol. The molecule has 0 spiro atoms. The predicted octanol–water partition coefficient (Wildman–Crippen LogP) is 2.03. The molecule has 0 aromatic rings. The normalized spacial score (nSPS) is 9.95. The summed E-state index contributed by atoms with van der Waals surface area (Å²) in [4.78, 5) is 13.7. The summed E-state index contributed by atoms with van der Waals surface area (Å²) in [7, 11) is 0. The minimum Gasteiger partial charge on any atom is -0.466 e. The van der Waals surface area contributed by atoms with Gasteiger partial charge in [-0.15, -0.1) is 0 Å². The molecule has 7 heteroatoms. The van der Waals surface area contributed by atoms with Crippen LogP contribution in [0, 0.1) is 0 Å². The summed E-state index contributed by atoms with van der Waals surface area (Å²) in [5, 5.41) is 6.61. The molecule has 0 saturated carbocycles. The molecule has 0 aliphatic heterocycles. The fraction of sp³-hybridized carbons (Fsp3) is 0.917. The van der Waals surface area contributed by atoms with Crippen LogP contribution in [0.15, 0.2) is 5.11 Å². The van der Waals surface area contributed by atoms with E-state index in [1.165, 1.54) is 0 Å². The molecule has 0 radical (unpaired) electrons. The van der Waals surface area contributed by atoms with Crippen LogP contribution >= 0.6 is 0 Å². The van der Waals surface area contributed by atoms with Crippen LogP contribution < -0.4 is 5.32 Å². The zero-order valence-corrected chi connectivity index (χ0v) is 11.6. The summed E-state index contributed by atoms with van der Waals surface area (Å²) >= 11 is 0. The van der Waals surface area contributed by atoms with E-state index in [4.69, 9.17) is 15.0 Å². The van der Waals surface area contributed by atoms with Crippen molar-refractivity contribution in [1.29, 1.82) is 0 Å². The second-order valence-corrected chi connectivity index (χ2v) is 3.93. The Kier molecular flexibility index (Phi) is 13.7. The van der Waals surface area contributed by atoms with Crippen LogP contribution in [0.2, 0.25) is 0 Å². The number of ether oxygens (including phenoxy) is 2. The number of azide groups is 1. The molecule has 0 unspecified atom stereocenters. The molecule has 7 nitrogen and oxygen atoms in total. The standard InChI is InChI=1S/C12H24N4O3/c1-2-19-12(17)6-4-3-5-7-14-8-10-18-11-9-15-16-13/h14H,2-11H2,1H3. The topological polar surface area (TPSA) is 96.3 Å². The van der Waals surface area contributed by atoms with Crippen molar-refractivity contribution in [3.63, 3.8) is 0 Å². The lowest BCUT2D eigenvalue weighted by Crippen LogP contribution is -2.21. The van der Waals surface area contributed by atoms with Crippen LogP contribution in [0.3, 0.4) is 0 Å². The Hall–Kier alpha value is -1.30. The number of carbonyl (C=O) groups is 1. The fourth-order valence-corrected chi connectivity index (χ4v) is 1.45. The van der Waals surface area contributed by atoms with Gasteiger partial charge in [-0.1, -0.05) is 11.5 Å². The zero-order valence-electron chi connectivity index (χ0n) is 11.6. The minimum absolute atomic E-state index is 0.108. The van der Waals surface area contributed by atoms with E-state index in [0.717, 1.165) is 32.4 Å². The van der Waals surface area contributed by atoms with Gasteiger partial charge >= 0.3 is 5.97 Å². The summed E-state index contributed by atoms with van der Waals surface area (Å²) in [6.07, 6.45) is 3.45. The SMILES string of the molecule is CCOC(=O)CCCCCNCCOCCN=[N+]=[N-]. The third kappa shape index (κ3) is 14.6. The summed E-state index contributed by atoms with van der Waals surface area (Å²) < 4.78 is 10.1.